The quantitative estimate of drug-likeness (QED) is 0.859. The summed E-state index contributed by atoms with van der Waals surface area (Å²) in [6.45, 7) is 3.20. The zero-order valence-corrected chi connectivity index (χ0v) is 9.86. The molecule has 0 aliphatic carbocycles. The van der Waals surface area contributed by atoms with E-state index < -0.39 is 5.97 Å². The zero-order valence-electron chi connectivity index (χ0n) is 9.86. The van der Waals surface area contributed by atoms with Gasteiger partial charge in [-0.15, -0.1) is 0 Å². The van der Waals surface area contributed by atoms with Crippen molar-refractivity contribution in [1.29, 1.82) is 0 Å². The molecule has 0 unspecified atom stereocenters. The summed E-state index contributed by atoms with van der Waals surface area (Å²) < 4.78 is 2.35. The van der Waals surface area contributed by atoms with Crippen molar-refractivity contribution in [2.45, 2.75) is 32.7 Å². The molecule has 1 aliphatic rings. The van der Waals surface area contributed by atoms with Crippen LogP contribution in [-0.2, 0) is 24.2 Å². The molecule has 0 saturated carbocycles. The van der Waals surface area contributed by atoms with Crippen molar-refractivity contribution in [2.24, 2.45) is 0 Å². The van der Waals surface area contributed by atoms with E-state index in [9.17, 15) is 4.79 Å². The average molecular weight is 229 g/mol. The highest BCUT2D eigenvalue weighted by Crippen LogP contribution is 2.30. The molecule has 0 radical (unpaired) electrons. The van der Waals surface area contributed by atoms with Gasteiger partial charge < -0.3 is 9.67 Å². The molecule has 2 aromatic rings. The third-order valence-electron chi connectivity index (χ3n) is 3.52. The Hall–Kier alpha value is -1.77. The summed E-state index contributed by atoms with van der Waals surface area (Å²) in [5.74, 6) is -0.761. The van der Waals surface area contributed by atoms with Gasteiger partial charge in [0.05, 0.1) is 11.9 Å². The Labute approximate surface area is 99.7 Å². The number of nitrogens with zero attached hydrogens (tertiary/aromatic N) is 1. The van der Waals surface area contributed by atoms with Crippen LogP contribution in [0, 0.1) is 6.92 Å². The topological polar surface area (TPSA) is 42.2 Å². The SMILES string of the molecule is Cc1cc2cc(CC(=O)O)cc3c2n1CCC3. The summed E-state index contributed by atoms with van der Waals surface area (Å²) in [6.07, 6.45) is 2.33. The maximum atomic E-state index is 10.8. The van der Waals surface area contributed by atoms with E-state index in [-0.39, 0.29) is 6.42 Å². The van der Waals surface area contributed by atoms with Crippen LogP contribution in [0.2, 0.25) is 0 Å². The van der Waals surface area contributed by atoms with Crippen LogP contribution in [0.5, 0.6) is 0 Å². The molecule has 1 N–H and O–H groups in total. The summed E-state index contributed by atoms with van der Waals surface area (Å²) in [6, 6.07) is 6.24. The van der Waals surface area contributed by atoms with Gasteiger partial charge in [-0.3, -0.25) is 4.79 Å². The molecule has 88 valence electrons. The van der Waals surface area contributed by atoms with Gasteiger partial charge in [-0.05, 0) is 43.0 Å². The Morgan fingerprint density at radius 2 is 2.24 bits per heavy atom. The molecule has 0 atom stereocenters. The minimum atomic E-state index is -0.761. The lowest BCUT2D eigenvalue weighted by atomic mass is 9.99. The fraction of sp³-hybridized carbons (Fsp3) is 0.357. The summed E-state index contributed by atoms with van der Waals surface area (Å²) in [7, 11) is 0. The van der Waals surface area contributed by atoms with Crippen molar-refractivity contribution >= 4 is 16.9 Å². The lowest BCUT2D eigenvalue weighted by molar-refractivity contribution is -0.136. The average Bonchev–Trinajstić information content (AvgIpc) is 2.56. The lowest BCUT2D eigenvalue weighted by Crippen LogP contribution is -2.09. The van der Waals surface area contributed by atoms with Crippen LogP contribution in [0.25, 0.3) is 10.9 Å². The van der Waals surface area contributed by atoms with Gasteiger partial charge in [-0.1, -0.05) is 6.07 Å². The van der Waals surface area contributed by atoms with Crippen molar-refractivity contribution < 1.29 is 9.90 Å². The molecule has 1 aromatic carbocycles. The minimum absolute atomic E-state index is 0.118. The molecule has 2 heterocycles. The van der Waals surface area contributed by atoms with E-state index in [4.69, 9.17) is 5.11 Å². The Kier molecular flexibility index (Phi) is 2.21. The maximum Gasteiger partial charge on any atom is 0.307 e. The second-order valence-corrected chi connectivity index (χ2v) is 4.80. The fourth-order valence-corrected chi connectivity index (χ4v) is 2.89. The van der Waals surface area contributed by atoms with E-state index in [1.165, 1.54) is 22.2 Å². The number of benzene rings is 1. The number of hydrogen-bond acceptors (Lipinski definition) is 1. The van der Waals surface area contributed by atoms with Crippen molar-refractivity contribution in [3.05, 3.63) is 35.0 Å². The highest BCUT2D eigenvalue weighted by atomic mass is 16.4. The van der Waals surface area contributed by atoms with Gasteiger partial charge in [-0.2, -0.15) is 0 Å². The van der Waals surface area contributed by atoms with E-state index in [2.05, 4.69) is 23.6 Å². The predicted molar refractivity (Wildman–Crippen MR) is 66.3 cm³/mol. The molecule has 0 fully saturated rings. The second-order valence-electron chi connectivity index (χ2n) is 4.80. The largest absolute Gasteiger partial charge is 0.481 e. The van der Waals surface area contributed by atoms with Gasteiger partial charge in [0, 0.05) is 17.6 Å². The van der Waals surface area contributed by atoms with Gasteiger partial charge in [0.2, 0.25) is 0 Å². The first-order valence-electron chi connectivity index (χ1n) is 5.98. The summed E-state index contributed by atoms with van der Waals surface area (Å²) >= 11 is 0. The number of aromatic nitrogens is 1. The fourth-order valence-electron chi connectivity index (χ4n) is 2.89. The molecule has 3 nitrogen and oxygen atoms in total. The van der Waals surface area contributed by atoms with Crippen LogP contribution < -0.4 is 0 Å². The minimum Gasteiger partial charge on any atom is -0.481 e. The van der Waals surface area contributed by atoms with Crippen LogP contribution in [0.3, 0.4) is 0 Å². The number of aliphatic carboxylic acids is 1. The summed E-state index contributed by atoms with van der Waals surface area (Å²) in [4.78, 5) is 10.8. The molecule has 0 amide bonds. The first-order valence-corrected chi connectivity index (χ1v) is 5.98. The lowest BCUT2D eigenvalue weighted by Gasteiger charge is -2.17. The third-order valence-corrected chi connectivity index (χ3v) is 3.52. The highest BCUT2D eigenvalue weighted by molar-refractivity contribution is 5.87. The Morgan fingerprint density at radius 1 is 1.41 bits per heavy atom. The smallest absolute Gasteiger partial charge is 0.307 e. The predicted octanol–water partition coefficient (Wildman–Crippen LogP) is 2.52. The molecule has 0 saturated heterocycles. The van der Waals surface area contributed by atoms with Crippen molar-refractivity contribution in [1.82, 2.24) is 4.57 Å². The van der Waals surface area contributed by atoms with E-state index >= 15 is 0 Å². The standard InChI is InChI=1S/C14H15NO2/c1-9-5-12-7-10(8-13(16)17)6-11-3-2-4-15(9)14(11)12/h5-7H,2-4,8H2,1H3,(H,16,17). The van der Waals surface area contributed by atoms with Crippen LogP contribution in [0.4, 0.5) is 0 Å². The van der Waals surface area contributed by atoms with Crippen molar-refractivity contribution in [3.8, 4) is 0 Å². The van der Waals surface area contributed by atoms with Gasteiger partial charge in [0.1, 0.15) is 0 Å². The van der Waals surface area contributed by atoms with Crippen LogP contribution >= 0.6 is 0 Å². The number of aryl methyl sites for hydroxylation is 3. The third kappa shape index (κ3) is 1.62. The monoisotopic (exact) mass is 229 g/mol. The van der Waals surface area contributed by atoms with Crippen molar-refractivity contribution in [2.75, 3.05) is 0 Å². The molecule has 0 bridgehead atoms. The van der Waals surface area contributed by atoms with Crippen LogP contribution in [0.1, 0.15) is 23.2 Å². The van der Waals surface area contributed by atoms with Gasteiger partial charge >= 0.3 is 5.97 Å². The molecule has 1 aliphatic heterocycles. The number of carbonyl (C=O) groups is 1. The number of carboxylic acid groups (broad SMARTS) is 1. The maximum absolute atomic E-state index is 10.8. The summed E-state index contributed by atoms with van der Waals surface area (Å²) in [5.41, 5.74) is 4.80. The molecular weight excluding hydrogens is 214 g/mol. The molecule has 1 aromatic heterocycles. The first kappa shape index (κ1) is 10.4. The molecule has 3 rings (SSSR count). The zero-order chi connectivity index (χ0) is 12.0. The van der Waals surface area contributed by atoms with Crippen LogP contribution in [-0.4, -0.2) is 15.6 Å². The van der Waals surface area contributed by atoms with E-state index in [0.717, 1.165) is 24.9 Å². The second kappa shape index (κ2) is 3.62. The number of carboxylic acids is 1. The normalized spacial score (nSPS) is 14.2. The van der Waals surface area contributed by atoms with Gasteiger partial charge in [0.25, 0.3) is 0 Å². The molecule has 17 heavy (non-hydrogen) atoms. The number of hydrogen-bond donors (Lipinski definition) is 1. The Bertz CT molecular complexity index is 610. The van der Waals surface area contributed by atoms with E-state index in [1.54, 1.807) is 0 Å². The van der Waals surface area contributed by atoms with E-state index in [1.807, 2.05) is 6.07 Å². The molecule has 3 heteroatoms. The Morgan fingerprint density at radius 3 is 3.00 bits per heavy atom. The van der Waals surface area contributed by atoms with Crippen LogP contribution in [0.15, 0.2) is 18.2 Å². The van der Waals surface area contributed by atoms with Crippen molar-refractivity contribution in [3.63, 3.8) is 0 Å². The van der Waals surface area contributed by atoms with Gasteiger partial charge in [0.15, 0.2) is 0 Å². The molecule has 0 spiro atoms. The highest BCUT2D eigenvalue weighted by Gasteiger charge is 2.16. The molecular formula is C14H15NO2. The number of rotatable bonds is 2. The first-order chi connectivity index (χ1) is 8.15. The van der Waals surface area contributed by atoms with E-state index in [0.29, 0.717) is 0 Å². The summed E-state index contributed by atoms with van der Waals surface area (Å²) in [5, 5.41) is 10.1. The van der Waals surface area contributed by atoms with Gasteiger partial charge in [-0.25, -0.2) is 0 Å². The Balaban J connectivity index is 2.22.